The molecule has 5 nitrogen and oxygen atoms in total. The van der Waals surface area contributed by atoms with E-state index in [0.29, 0.717) is 35.5 Å². The summed E-state index contributed by atoms with van der Waals surface area (Å²) in [6.07, 6.45) is 3.05. The van der Waals surface area contributed by atoms with Crippen LogP contribution < -0.4 is 20.7 Å². The zero-order chi connectivity index (χ0) is 14.8. The van der Waals surface area contributed by atoms with Gasteiger partial charge in [0.05, 0.1) is 22.9 Å². The molecular weight excluding hydrogens is 290 g/mol. The first-order valence-electron chi connectivity index (χ1n) is 7.38. The van der Waals surface area contributed by atoms with Gasteiger partial charge in [0.15, 0.2) is 0 Å². The molecule has 2 aliphatic rings. The zero-order valence-electron chi connectivity index (χ0n) is 12.1. The molecule has 1 aromatic rings. The number of nitrogens with one attached hydrogen (secondary N) is 3. The summed E-state index contributed by atoms with van der Waals surface area (Å²) in [7, 11) is 1.82. The Morgan fingerprint density at radius 1 is 1.57 bits per heavy atom. The van der Waals surface area contributed by atoms with E-state index in [0.717, 1.165) is 30.6 Å². The Morgan fingerprint density at radius 3 is 3.14 bits per heavy atom. The minimum absolute atomic E-state index is 0.119. The molecule has 114 valence electrons. The number of fused-ring (bicyclic) bond motifs is 1. The summed E-state index contributed by atoms with van der Waals surface area (Å²) < 4.78 is 5.64. The summed E-state index contributed by atoms with van der Waals surface area (Å²) in [5.41, 5.74) is 2.39. The molecule has 1 fully saturated rings. The number of hydrogen-bond acceptors (Lipinski definition) is 4. The maximum absolute atomic E-state index is 12.4. The van der Waals surface area contributed by atoms with E-state index in [2.05, 4.69) is 16.0 Å². The van der Waals surface area contributed by atoms with Crippen molar-refractivity contribution in [1.82, 2.24) is 10.6 Å². The van der Waals surface area contributed by atoms with E-state index in [1.807, 2.05) is 7.05 Å². The molecule has 0 bridgehead atoms. The Morgan fingerprint density at radius 2 is 2.43 bits per heavy atom. The average molecular weight is 310 g/mol. The summed E-state index contributed by atoms with van der Waals surface area (Å²) >= 11 is 6.27. The normalized spacial score (nSPS) is 20.0. The number of anilines is 1. The van der Waals surface area contributed by atoms with E-state index >= 15 is 0 Å². The van der Waals surface area contributed by atoms with Crippen LogP contribution in [0.5, 0.6) is 5.75 Å². The van der Waals surface area contributed by atoms with Crippen LogP contribution in [0.15, 0.2) is 6.07 Å². The second-order valence-electron chi connectivity index (χ2n) is 5.44. The van der Waals surface area contributed by atoms with Gasteiger partial charge in [0.2, 0.25) is 0 Å². The first-order chi connectivity index (χ1) is 10.2. The lowest BCUT2D eigenvalue weighted by Gasteiger charge is -2.15. The fraction of sp³-hybridized carbons (Fsp3) is 0.533. The highest BCUT2D eigenvalue weighted by Gasteiger charge is 2.26. The van der Waals surface area contributed by atoms with Crippen molar-refractivity contribution in [3.8, 4) is 5.75 Å². The molecule has 2 aliphatic heterocycles. The molecule has 1 amide bonds. The molecule has 21 heavy (non-hydrogen) atoms. The van der Waals surface area contributed by atoms with Crippen LogP contribution in [0, 0.1) is 0 Å². The van der Waals surface area contributed by atoms with Gasteiger partial charge in [-0.15, -0.1) is 0 Å². The van der Waals surface area contributed by atoms with Gasteiger partial charge in [0.25, 0.3) is 5.91 Å². The lowest BCUT2D eigenvalue weighted by atomic mass is 10.0. The third-order valence-electron chi connectivity index (χ3n) is 4.09. The summed E-state index contributed by atoms with van der Waals surface area (Å²) in [6.45, 7) is 2.26. The topological polar surface area (TPSA) is 62.4 Å². The van der Waals surface area contributed by atoms with Crippen LogP contribution in [0.2, 0.25) is 5.02 Å². The molecule has 0 radical (unpaired) electrons. The zero-order valence-corrected chi connectivity index (χ0v) is 12.8. The second-order valence-corrected chi connectivity index (χ2v) is 5.85. The van der Waals surface area contributed by atoms with Crippen molar-refractivity contribution in [3.63, 3.8) is 0 Å². The lowest BCUT2D eigenvalue weighted by Crippen LogP contribution is -2.37. The molecule has 0 spiro atoms. The molecule has 1 aromatic carbocycles. The Balaban J connectivity index is 1.79. The van der Waals surface area contributed by atoms with Crippen LogP contribution in [0.25, 0.3) is 0 Å². The average Bonchev–Trinajstić information content (AvgIpc) is 3.15. The van der Waals surface area contributed by atoms with Gasteiger partial charge in [-0.05, 0) is 25.5 Å². The number of benzene rings is 1. The molecule has 0 saturated carbocycles. The molecule has 0 aromatic heterocycles. The maximum atomic E-state index is 12.4. The number of ether oxygens (including phenoxy) is 1. The number of carbonyl (C=O) groups is 1. The Kier molecular flexibility index (Phi) is 4.22. The number of carbonyl (C=O) groups excluding carboxylic acids is 1. The van der Waals surface area contributed by atoms with Crippen molar-refractivity contribution in [2.24, 2.45) is 0 Å². The van der Waals surface area contributed by atoms with Crippen molar-refractivity contribution in [2.45, 2.75) is 25.3 Å². The standard InChI is InChI=1S/C15H20ClN3O2/c1-17-13-10-4-6-21-14(10)11(7-12(13)16)15(20)19-8-9-3-2-5-18-9/h7,9,17-18H,2-6,8H2,1H3,(H,19,20). The monoisotopic (exact) mass is 309 g/mol. The highest BCUT2D eigenvalue weighted by Crippen LogP contribution is 2.40. The van der Waals surface area contributed by atoms with Crippen LogP contribution >= 0.6 is 11.6 Å². The SMILES string of the molecule is CNc1c(Cl)cc(C(=O)NCC2CCCN2)c2c1CCO2. The Hall–Kier alpha value is -1.46. The van der Waals surface area contributed by atoms with Gasteiger partial charge in [0.1, 0.15) is 5.75 Å². The first kappa shape index (κ1) is 14.5. The maximum Gasteiger partial charge on any atom is 0.255 e. The molecule has 2 heterocycles. The van der Waals surface area contributed by atoms with Gasteiger partial charge < -0.3 is 20.7 Å². The quantitative estimate of drug-likeness (QED) is 0.793. The van der Waals surface area contributed by atoms with Crippen molar-refractivity contribution in [3.05, 3.63) is 22.2 Å². The number of amides is 1. The van der Waals surface area contributed by atoms with Crippen LogP contribution in [-0.4, -0.2) is 38.7 Å². The molecule has 1 unspecified atom stereocenters. The van der Waals surface area contributed by atoms with Gasteiger partial charge >= 0.3 is 0 Å². The predicted octanol–water partition coefficient (Wildman–Crippen LogP) is 1.80. The lowest BCUT2D eigenvalue weighted by molar-refractivity contribution is 0.0947. The Bertz CT molecular complexity index is 556. The van der Waals surface area contributed by atoms with Crippen molar-refractivity contribution < 1.29 is 9.53 Å². The second kappa shape index (κ2) is 6.12. The van der Waals surface area contributed by atoms with Gasteiger partial charge in [-0.3, -0.25) is 4.79 Å². The van der Waals surface area contributed by atoms with E-state index in [1.54, 1.807) is 6.07 Å². The summed E-state index contributed by atoms with van der Waals surface area (Å²) in [4.78, 5) is 12.4. The number of rotatable bonds is 4. The van der Waals surface area contributed by atoms with Gasteiger partial charge in [-0.2, -0.15) is 0 Å². The van der Waals surface area contributed by atoms with E-state index in [-0.39, 0.29) is 5.91 Å². The molecule has 0 aliphatic carbocycles. The predicted molar refractivity (Wildman–Crippen MR) is 83.6 cm³/mol. The van der Waals surface area contributed by atoms with E-state index in [1.165, 1.54) is 6.42 Å². The summed E-state index contributed by atoms with van der Waals surface area (Å²) in [6, 6.07) is 2.06. The molecular formula is C15H20ClN3O2. The number of hydrogen-bond donors (Lipinski definition) is 3. The fourth-order valence-corrected chi connectivity index (χ4v) is 3.34. The minimum atomic E-state index is -0.119. The van der Waals surface area contributed by atoms with E-state index < -0.39 is 0 Å². The molecule has 1 atom stereocenters. The smallest absolute Gasteiger partial charge is 0.255 e. The molecule has 3 N–H and O–H groups in total. The highest BCUT2D eigenvalue weighted by molar-refractivity contribution is 6.34. The third-order valence-corrected chi connectivity index (χ3v) is 4.39. The van der Waals surface area contributed by atoms with E-state index in [4.69, 9.17) is 16.3 Å². The fourth-order valence-electron chi connectivity index (χ4n) is 3.02. The Labute approximate surface area is 129 Å². The van der Waals surface area contributed by atoms with Crippen molar-refractivity contribution >= 4 is 23.2 Å². The summed E-state index contributed by atoms with van der Waals surface area (Å²) in [5, 5.41) is 9.98. The van der Waals surface area contributed by atoms with Gasteiger partial charge in [-0.1, -0.05) is 11.6 Å². The van der Waals surface area contributed by atoms with Crippen molar-refractivity contribution in [2.75, 3.05) is 32.1 Å². The summed E-state index contributed by atoms with van der Waals surface area (Å²) in [5.74, 6) is 0.548. The first-order valence-corrected chi connectivity index (χ1v) is 7.76. The van der Waals surface area contributed by atoms with E-state index in [9.17, 15) is 4.79 Å². The van der Waals surface area contributed by atoms with Gasteiger partial charge in [0, 0.05) is 31.6 Å². The largest absolute Gasteiger partial charge is 0.492 e. The number of halogens is 1. The minimum Gasteiger partial charge on any atom is -0.492 e. The highest BCUT2D eigenvalue weighted by atomic mass is 35.5. The molecule has 1 saturated heterocycles. The van der Waals surface area contributed by atoms with Crippen LogP contribution in [0.4, 0.5) is 5.69 Å². The van der Waals surface area contributed by atoms with Crippen LogP contribution in [-0.2, 0) is 6.42 Å². The molecule has 3 rings (SSSR count). The van der Waals surface area contributed by atoms with Gasteiger partial charge in [-0.25, -0.2) is 0 Å². The third kappa shape index (κ3) is 2.80. The van der Waals surface area contributed by atoms with Crippen molar-refractivity contribution in [1.29, 1.82) is 0 Å². The van der Waals surface area contributed by atoms with Crippen LogP contribution in [0.1, 0.15) is 28.8 Å². The molecule has 6 heteroatoms. The van der Waals surface area contributed by atoms with Crippen LogP contribution in [0.3, 0.4) is 0 Å².